The number of likely N-dealkylation sites (N-methyl/N-ethyl adjacent to an activating group) is 1. The van der Waals surface area contributed by atoms with Gasteiger partial charge in [-0.05, 0) is 36.9 Å². The molecule has 1 saturated heterocycles. The fourth-order valence-corrected chi connectivity index (χ4v) is 8.21. The molecule has 34 heavy (non-hydrogen) atoms. The van der Waals surface area contributed by atoms with Gasteiger partial charge in [0.1, 0.15) is 4.75 Å². The van der Waals surface area contributed by atoms with Crippen molar-refractivity contribution in [2.24, 2.45) is 0 Å². The lowest BCUT2D eigenvalue weighted by Gasteiger charge is -2.41. The van der Waals surface area contributed by atoms with Crippen LogP contribution in [0.4, 0.5) is 5.69 Å². The highest BCUT2D eigenvalue weighted by Crippen LogP contribution is 2.67. The third kappa shape index (κ3) is 2.16. The van der Waals surface area contributed by atoms with Crippen LogP contribution in [0, 0.1) is 0 Å². The van der Waals surface area contributed by atoms with Crippen molar-refractivity contribution in [3.63, 3.8) is 0 Å². The molecule has 3 atom stereocenters. The van der Waals surface area contributed by atoms with Crippen molar-refractivity contribution in [2.45, 2.75) is 21.4 Å². The number of para-hydroxylation sites is 3. The molecule has 1 aromatic heterocycles. The van der Waals surface area contributed by atoms with Crippen LogP contribution in [0.5, 0.6) is 0 Å². The second kappa shape index (κ2) is 6.72. The molecule has 3 aliphatic heterocycles. The van der Waals surface area contributed by atoms with Crippen LogP contribution in [0.2, 0.25) is 5.02 Å². The molecule has 4 heterocycles. The van der Waals surface area contributed by atoms with E-state index in [1.165, 1.54) is 11.8 Å². The maximum atomic E-state index is 14.7. The van der Waals surface area contributed by atoms with Gasteiger partial charge in [0.25, 0.3) is 11.8 Å². The number of hydrogen-bond donors (Lipinski definition) is 1. The fourth-order valence-electron chi connectivity index (χ4n) is 6.21. The molecule has 6 nitrogen and oxygen atoms in total. The Kier molecular flexibility index (Phi) is 4.00. The molecule has 168 valence electrons. The Bertz CT molecular complexity index is 1550. The largest absolute Gasteiger partial charge is 0.324 e. The molecule has 0 unspecified atom stereocenters. The number of rotatable bonds is 1. The number of nitrogens with one attached hydrogen (secondary N) is 1. The molecule has 2 spiro atoms. The Morgan fingerprint density at radius 2 is 1.76 bits per heavy atom. The van der Waals surface area contributed by atoms with Crippen molar-refractivity contribution >= 4 is 51.9 Å². The average molecular weight is 487 g/mol. The van der Waals surface area contributed by atoms with Gasteiger partial charge in [-0.1, -0.05) is 71.9 Å². The van der Waals surface area contributed by atoms with E-state index in [4.69, 9.17) is 16.6 Å². The number of carbonyl (C=O) groups excluding carboxylic acids is 2. The van der Waals surface area contributed by atoms with Crippen LogP contribution in [-0.4, -0.2) is 44.6 Å². The summed E-state index contributed by atoms with van der Waals surface area (Å²) in [6.07, 6.45) is 0. The Balaban J connectivity index is 1.56. The Hall–Kier alpha value is -3.13. The Morgan fingerprint density at radius 3 is 2.62 bits per heavy atom. The van der Waals surface area contributed by atoms with E-state index in [1.54, 1.807) is 4.57 Å². The Morgan fingerprint density at radius 1 is 1.03 bits per heavy atom. The van der Waals surface area contributed by atoms with Gasteiger partial charge in [-0.3, -0.25) is 19.1 Å². The summed E-state index contributed by atoms with van der Waals surface area (Å²) < 4.78 is 0.509. The maximum Gasteiger partial charge on any atom is 0.253 e. The second-order valence-corrected chi connectivity index (χ2v) is 10.6. The number of imidazole rings is 1. The Labute approximate surface area is 204 Å². The van der Waals surface area contributed by atoms with Crippen LogP contribution in [0.3, 0.4) is 0 Å². The molecule has 0 radical (unpaired) electrons. The second-order valence-electron chi connectivity index (χ2n) is 9.03. The maximum absolute atomic E-state index is 14.7. The van der Waals surface area contributed by atoms with Gasteiger partial charge in [-0.2, -0.15) is 0 Å². The minimum atomic E-state index is -1.21. The number of nitrogens with zero attached hydrogens (tertiary/aromatic N) is 3. The number of aromatic nitrogens is 2. The predicted molar refractivity (Wildman–Crippen MR) is 133 cm³/mol. The highest BCUT2D eigenvalue weighted by Gasteiger charge is 2.77. The summed E-state index contributed by atoms with van der Waals surface area (Å²) in [4.78, 5) is 35.5. The first kappa shape index (κ1) is 20.3. The number of hydrogen-bond acceptors (Lipinski definition) is 5. The molecule has 4 aromatic rings. The van der Waals surface area contributed by atoms with Crippen LogP contribution >= 0.6 is 23.4 Å². The van der Waals surface area contributed by atoms with Crippen molar-refractivity contribution in [3.05, 3.63) is 88.9 Å². The van der Waals surface area contributed by atoms with Crippen LogP contribution < -0.4 is 5.32 Å². The quantitative estimate of drug-likeness (QED) is 0.420. The number of fused-ring (bicyclic) bond motifs is 6. The van der Waals surface area contributed by atoms with Crippen molar-refractivity contribution < 1.29 is 9.59 Å². The summed E-state index contributed by atoms with van der Waals surface area (Å²) in [5.74, 6) is -0.662. The zero-order chi connectivity index (χ0) is 23.2. The van der Waals surface area contributed by atoms with Gasteiger partial charge in [0, 0.05) is 28.7 Å². The lowest BCUT2D eigenvalue weighted by atomic mass is 9.72. The molecular formula is C26H19ClN4O2S. The summed E-state index contributed by atoms with van der Waals surface area (Å²) in [7, 11) is 1.92. The number of halogens is 1. The molecular weight excluding hydrogens is 468 g/mol. The van der Waals surface area contributed by atoms with E-state index < -0.39 is 10.3 Å². The standard InChI is InChI=1S/C26H19ClN4O2S/c1-30-14-17(15-8-2-4-10-18(15)27)26(25(30)16-9-3-5-11-19(16)28-22(25)32)23(33)31-21-13-7-6-12-20(21)29-24(31)34-26/h2-13,17H,14H2,1H3,(H,28,32)/t17-,25+,26-/m1/s1. The predicted octanol–water partition coefficient (Wildman–Crippen LogP) is 4.75. The van der Waals surface area contributed by atoms with E-state index >= 15 is 0 Å². The summed E-state index contributed by atoms with van der Waals surface area (Å²) in [5, 5.41) is 4.26. The van der Waals surface area contributed by atoms with Crippen LogP contribution in [0.25, 0.3) is 11.0 Å². The SMILES string of the molecule is CN1C[C@H](c2ccccc2Cl)[C@]2(Sc3nc4ccccc4n3C2=O)[C@]12C(=O)Nc1ccccc12. The van der Waals surface area contributed by atoms with E-state index in [9.17, 15) is 9.59 Å². The minimum absolute atomic E-state index is 0.137. The highest BCUT2D eigenvalue weighted by molar-refractivity contribution is 8.02. The summed E-state index contributed by atoms with van der Waals surface area (Å²) >= 11 is 8.11. The zero-order valence-corrected chi connectivity index (χ0v) is 19.7. The molecule has 7 rings (SSSR count). The van der Waals surface area contributed by atoms with Crippen molar-refractivity contribution in [2.75, 3.05) is 18.9 Å². The summed E-state index contributed by atoms with van der Waals surface area (Å²) in [5.41, 5.74) is 2.72. The van der Waals surface area contributed by atoms with Gasteiger partial charge >= 0.3 is 0 Å². The molecule has 1 N–H and O–H groups in total. The topological polar surface area (TPSA) is 67.2 Å². The number of amides is 1. The average Bonchev–Trinajstić information content (AvgIpc) is 3.51. The fraction of sp³-hybridized carbons (Fsp3) is 0.192. The number of carbonyl (C=O) groups is 2. The van der Waals surface area contributed by atoms with Crippen molar-refractivity contribution in [1.82, 2.24) is 14.5 Å². The zero-order valence-electron chi connectivity index (χ0n) is 18.2. The molecule has 3 aliphatic rings. The number of likely N-dealkylation sites (tertiary alicyclic amines) is 1. The van der Waals surface area contributed by atoms with Crippen molar-refractivity contribution in [3.8, 4) is 0 Å². The van der Waals surface area contributed by atoms with Gasteiger partial charge in [-0.25, -0.2) is 4.98 Å². The van der Waals surface area contributed by atoms with Gasteiger partial charge in [0.15, 0.2) is 10.7 Å². The first-order valence-corrected chi connectivity index (χ1v) is 12.3. The van der Waals surface area contributed by atoms with E-state index in [1.807, 2.05) is 84.7 Å². The number of anilines is 1. The van der Waals surface area contributed by atoms with Crippen molar-refractivity contribution in [1.29, 1.82) is 0 Å². The van der Waals surface area contributed by atoms with E-state index in [0.717, 1.165) is 27.8 Å². The first-order chi connectivity index (χ1) is 16.5. The normalized spacial score (nSPS) is 27.6. The molecule has 0 aliphatic carbocycles. The highest BCUT2D eigenvalue weighted by atomic mass is 35.5. The molecule has 8 heteroatoms. The lowest BCUT2D eigenvalue weighted by Crippen LogP contribution is -2.61. The summed E-state index contributed by atoms with van der Waals surface area (Å²) in [6, 6.07) is 22.9. The molecule has 3 aromatic carbocycles. The smallest absolute Gasteiger partial charge is 0.253 e. The molecule has 1 fully saturated rings. The van der Waals surface area contributed by atoms with Crippen LogP contribution in [0.1, 0.15) is 21.8 Å². The van der Waals surface area contributed by atoms with Crippen LogP contribution in [0.15, 0.2) is 78.0 Å². The van der Waals surface area contributed by atoms with Crippen LogP contribution in [-0.2, 0) is 10.3 Å². The van der Waals surface area contributed by atoms with E-state index in [2.05, 4.69) is 5.32 Å². The molecule has 0 bridgehead atoms. The van der Waals surface area contributed by atoms with Gasteiger partial charge < -0.3 is 5.32 Å². The van der Waals surface area contributed by atoms with E-state index in [-0.39, 0.29) is 17.7 Å². The van der Waals surface area contributed by atoms with Gasteiger partial charge in [0.2, 0.25) is 0 Å². The van der Waals surface area contributed by atoms with Gasteiger partial charge in [-0.15, -0.1) is 0 Å². The lowest BCUT2D eigenvalue weighted by molar-refractivity contribution is -0.126. The minimum Gasteiger partial charge on any atom is -0.324 e. The third-order valence-electron chi connectivity index (χ3n) is 7.53. The first-order valence-electron chi connectivity index (χ1n) is 11.1. The molecule has 1 amide bonds. The summed E-state index contributed by atoms with van der Waals surface area (Å²) in [6.45, 7) is 0.493. The third-order valence-corrected chi connectivity index (χ3v) is 9.41. The monoisotopic (exact) mass is 486 g/mol. The molecule has 0 saturated carbocycles. The number of benzene rings is 3. The number of thioether (sulfide) groups is 1. The van der Waals surface area contributed by atoms with Gasteiger partial charge in [0.05, 0.1) is 11.0 Å². The van der Waals surface area contributed by atoms with E-state index in [0.29, 0.717) is 16.7 Å².